The van der Waals surface area contributed by atoms with Crippen LogP contribution in [-0.4, -0.2) is 49.1 Å². The number of nitrogens with zero attached hydrogens (tertiary/aromatic N) is 2. The van der Waals surface area contributed by atoms with E-state index < -0.39 is 15.6 Å². The zero-order valence-electron chi connectivity index (χ0n) is 16.3. The first-order chi connectivity index (χ1) is 13.4. The van der Waals surface area contributed by atoms with Crippen LogP contribution in [0.1, 0.15) is 29.8 Å². The normalized spacial score (nSPS) is 22.1. The van der Waals surface area contributed by atoms with E-state index in [2.05, 4.69) is 4.98 Å². The van der Waals surface area contributed by atoms with E-state index >= 15 is 0 Å². The van der Waals surface area contributed by atoms with E-state index in [1.165, 1.54) is 4.31 Å². The fourth-order valence-electron chi connectivity index (χ4n) is 3.85. The molecule has 2 aliphatic rings. The molecule has 28 heavy (non-hydrogen) atoms. The van der Waals surface area contributed by atoms with Gasteiger partial charge in [-0.05, 0) is 44.5 Å². The minimum atomic E-state index is -3.47. The summed E-state index contributed by atoms with van der Waals surface area (Å²) in [7, 11) is -3.47. The second-order valence-corrected chi connectivity index (χ2v) is 9.75. The van der Waals surface area contributed by atoms with E-state index in [0.29, 0.717) is 37.6 Å². The van der Waals surface area contributed by atoms with Crippen molar-refractivity contribution in [1.82, 2.24) is 9.29 Å². The SMILES string of the molecule is Cc1ccc(S(=O)(=O)N2CC3(C[C@@H](OCc4cccc(C)n4)CCO3)C2)cc1. The predicted octanol–water partition coefficient (Wildman–Crippen LogP) is 2.84. The van der Waals surface area contributed by atoms with Crippen molar-refractivity contribution in [3.63, 3.8) is 0 Å². The van der Waals surface area contributed by atoms with E-state index in [-0.39, 0.29) is 6.10 Å². The first-order valence-corrected chi connectivity index (χ1v) is 11.1. The molecule has 2 aromatic rings. The Bertz CT molecular complexity index is 937. The molecule has 1 aromatic heterocycles. The molecular weight excluding hydrogens is 376 g/mol. The number of aromatic nitrogens is 1. The second kappa shape index (κ2) is 7.55. The van der Waals surface area contributed by atoms with Crippen molar-refractivity contribution in [2.45, 2.75) is 49.9 Å². The molecule has 2 saturated heterocycles. The van der Waals surface area contributed by atoms with Gasteiger partial charge in [0.05, 0.1) is 28.9 Å². The van der Waals surface area contributed by atoms with Gasteiger partial charge in [0.25, 0.3) is 0 Å². The van der Waals surface area contributed by atoms with E-state index in [4.69, 9.17) is 9.47 Å². The average Bonchev–Trinajstić information content (AvgIpc) is 2.65. The molecule has 3 heterocycles. The number of hydrogen-bond acceptors (Lipinski definition) is 5. The van der Waals surface area contributed by atoms with Crippen LogP contribution < -0.4 is 0 Å². The van der Waals surface area contributed by atoms with Gasteiger partial charge >= 0.3 is 0 Å². The van der Waals surface area contributed by atoms with Crippen molar-refractivity contribution in [2.24, 2.45) is 0 Å². The highest BCUT2D eigenvalue weighted by molar-refractivity contribution is 7.89. The van der Waals surface area contributed by atoms with Crippen LogP contribution >= 0.6 is 0 Å². The van der Waals surface area contributed by atoms with Gasteiger partial charge in [-0.3, -0.25) is 4.98 Å². The highest BCUT2D eigenvalue weighted by Gasteiger charge is 2.52. The Morgan fingerprint density at radius 1 is 1.18 bits per heavy atom. The van der Waals surface area contributed by atoms with Crippen molar-refractivity contribution in [1.29, 1.82) is 0 Å². The van der Waals surface area contributed by atoms with Gasteiger partial charge in [0.1, 0.15) is 0 Å². The Kier molecular flexibility index (Phi) is 5.26. The maximum atomic E-state index is 12.8. The maximum Gasteiger partial charge on any atom is 0.243 e. The predicted molar refractivity (Wildman–Crippen MR) is 105 cm³/mol. The lowest BCUT2D eigenvalue weighted by atomic mass is 9.86. The average molecular weight is 403 g/mol. The van der Waals surface area contributed by atoms with Gasteiger partial charge < -0.3 is 9.47 Å². The molecule has 0 saturated carbocycles. The zero-order valence-corrected chi connectivity index (χ0v) is 17.1. The van der Waals surface area contributed by atoms with Gasteiger partial charge in [-0.1, -0.05) is 23.8 Å². The van der Waals surface area contributed by atoms with Crippen LogP contribution in [-0.2, 0) is 26.1 Å². The lowest BCUT2D eigenvalue weighted by Crippen LogP contribution is -2.67. The fraction of sp³-hybridized carbons (Fsp3) is 0.476. The van der Waals surface area contributed by atoms with Crippen LogP contribution in [0.15, 0.2) is 47.4 Å². The summed E-state index contributed by atoms with van der Waals surface area (Å²) < 4.78 is 39.2. The van der Waals surface area contributed by atoms with Crippen molar-refractivity contribution in [2.75, 3.05) is 19.7 Å². The number of pyridine rings is 1. The van der Waals surface area contributed by atoms with Gasteiger partial charge in [-0.25, -0.2) is 8.42 Å². The Balaban J connectivity index is 1.36. The quantitative estimate of drug-likeness (QED) is 0.769. The Hall–Kier alpha value is -1.80. The van der Waals surface area contributed by atoms with Gasteiger partial charge in [0.2, 0.25) is 10.0 Å². The monoisotopic (exact) mass is 402 g/mol. The Morgan fingerprint density at radius 3 is 2.64 bits per heavy atom. The highest BCUT2D eigenvalue weighted by atomic mass is 32.2. The summed E-state index contributed by atoms with van der Waals surface area (Å²) >= 11 is 0. The molecule has 0 bridgehead atoms. The van der Waals surface area contributed by atoms with Gasteiger partial charge in [-0.15, -0.1) is 0 Å². The summed E-state index contributed by atoms with van der Waals surface area (Å²) in [6.07, 6.45) is 1.58. The molecule has 0 radical (unpaired) electrons. The van der Waals surface area contributed by atoms with Crippen LogP contribution in [0.5, 0.6) is 0 Å². The summed E-state index contributed by atoms with van der Waals surface area (Å²) in [6, 6.07) is 12.9. The van der Waals surface area contributed by atoms with Crippen LogP contribution in [0.3, 0.4) is 0 Å². The Labute approximate surface area is 166 Å². The molecule has 0 amide bonds. The largest absolute Gasteiger partial charge is 0.372 e. The molecule has 4 rings (SSSR count). The first-order valence-electron chi connectivity index (χ1n) is 9.61. The third-order valence-electron chi connectivity index (χ3n) is 5.45. The van der Waals surface area contributed by atoms with Crippen molar-refractivity contribution in [3.05, 3.63) is 59.4 Å². The first kappa shape index (κ1) is 19.5. The maximum absolute atomic E-state index is 12.8. The number of sulfonamides is 1. The van der Waals surface area contributed by atoms with Crippen LogP contribution in [0.2, 0.25) is 0 Å². The lowest BCUT2D eigenvalue weighted by molar-refractivity contribution is -0.180. The molecular formula is C21H26N2O4S. The summed E-state index contributed by atoms with van der Waals surface area (Å²) in [5.41, 5.74) is 2.50. The minimum Gasteiger partial charge on any atom is -0.372 e. The van der Waals surface area contributed by atoms with Crippen molar-refractivity contribution < 1.29 is 17.9 Å². The Morgan fingerprint density at radius 2 is 1.93 bits per heavy atom. The van der Waals surface area contributed by atoms with E-state index in [1.807, 2.05) is 44.2 Å². The van der Waals surface area contributed by atoms with Crippen molar-refractivity contribution >= 4 is 10.0 Å². The molecule has 150 valence electrons. The molecule has 0 aliphatic carbocycles. The summed E-state index contributed by atoms with van der Waals surface area (Å²) in [5.74, 6) is 0. The second-order valence-electron chi connectivity index (χ2n) is 7.81. The molecule has 1 aromatic carbocycles. The number of rotatable bonds is 5. The molecule has 2 aliphatic heterocycles. The van der Waals surface area contributed by atoms with Crippen LogP contribution in [0.25, 0.3) is 0 Å². The van der Waals surface area contributed by atoms with Crippen molar-refractivity contribution in [3.8, 4) is 0 Å². The summed E-state index contributed by atoms with van der Waals surface area (Å²) in [5, 5.41) is 0. The van der Waals surface area contributed by atoms with Gasteiger partial charge in [-0.2, -0.15) is 4.31 Å². The number of benzene rings is 1. The number of aryl methyl sites for hydroxylation is 2. The molecule has 1 atom stereocenters. The fourth-order valence-corrected chi connectivity index (χ4v) is 5.44. The third-order valence-corrected chi connectivity index (χ3v) is 7.25. The zero-order chi connectivity index (χ0) is 19.8. The van der Waals surface area contributed by atoms with Gasteiger partial charge in [0.15, 0.2) is 0 Å². The van der Waals surface area contributed by atoms with Crippen LogP contribution in [0, 0.1) is 13.8 Å². The van der Waals surface area contributed by atoms with E-state index in [1.54, 1.807) is 12.1 Å². The molecule has 7 heteroatoms. The molecule has 1 spiro atoms. The van der Waals surface area contributed by atoms with E-state index in [0.717, 1.165) is 23.4 Å². The third kappa shape index (κ3) is 3.98. The minimum absolute atomic E-state index is 0.0558. The van der Waals surface area contributed by atoms with Gasteiger partial charge in [0, 0.05) is 31.8 Å². The van der Waals surface area contributed by atoms with Crippen LogP contribution in [0.4, 0.5) is 0 Å². The summed E-state index contributed by atoms with van der Waals surface area (Å²) in [4.78, 5) is 4.80. The molecule has 0 unspecified atom stereocenters. The number of hydrogen-bond donors (Lipinski definition) is 0. The number of ether oxygens (including phenoxy) is 2. The topological polar surface area (TPSA) is 68.7 Å². The standard InChI is InChI=1S/C21H26N2O4S/c1-16-6-8-20(9-7-16)28(24,25)23-14-21(15-23)12-19(10-11-27-21)26-13-18-5-3-4-17(2)22-18/h3-9,19H,10-15H2,1-2H3/t19-/m0/s1. The smallest absolute Gasteiger partial charge is 0.243 e. The molecule has 2 fully saturated rings. The molecule has 0 N–H and O–H groups in total. The van der Waals surface area contributed by atoms with E-state index in [9.17, 15) is 8.42 Å². The summed E-state index contributed by atoms with van der Waals surface area (Å²) in [6.45, 7) is 5.72. The lowest BCUT2D eigenvalue weighted by Gasteiger charge is -2.52. The molecule has 6 nitrogen and oxygen atoms in total. The highest BCUT2D eigenvalue weighted by Crippen LogP contribution is 2.38.